The van der Waals surface area contributed by atoms with E-state index in [9.17, 15) is 4.79 Å². The SMILES string of the molecule is CCn1ccc(C(=O)N[C@@H]2CN(C3CCOCC3)C[C@H]2CN(C)C)n1. The molecule has 1 N–H and O–H groups in total. The van der Waals surface area contributed by atoms with Crippen LogP contribution in [0.5, 0.6) is 0 Å². The zero-order chi connectivity index (χ0) is 17.8. The van der Waals surface area contributed by atoms with E-state index >= 15 is 0 Å². The van der Waals surface area contributed by atoms with Crippen LogP contribution in [0.4, 0.5) is 0 Å². The number of nitrogens with zero attached hydrogens (tertiary/aromatic N) is 4. The standard InChI is InChI=1S/C18H31N5O2/c1-4-23-8-5-16(20-23)18(24)19-17-13-22(12-14(17)11-21(2)3)15-6-9-25-10-7-15/h5,8,14-15,17H,4,6-7,9-13H2,1-3H3,(H,19,24)/t14-,17-/m1/s1. The largest absolute Gasteiger partial charge is 0.381 e. The molecule has 0 bridgehead atoms. The molecule has 2 aliphatic heterocycles. The lowest BCUT2D eigenvalue weighted by atomic mass is 10.0. The Labute approximate surface area is 150 Å². The monoisotopic (exact) mass is 349 g/mol. The number of amides is 1. The maximum Gasteiger partial charge on any atom is 0.272 e. The van der Waals surface area contributed by atoms with Gasteiger partial charge in [0.15, 0.2) is 0 Å². The number of ether oxygens (including phenoxy) is 1. The Morgan fingerprint density at radius 1 is 1.36 bits per heavy atom. The normalized spacial score (nSPS) is 25.6. The Kier molecular flexibility index (Phi) is 6.09. The molecule has 0 radical (unpaired) electrons. The first-order chi connectivity index (χ1) is 12.1. The third-order valence-corrected chi connectivity index (χ3v) is 5.29. The number of carbonyl (C=O) groups is 1. The topological polar surface area (TPSA) is 62.6 Å². The fourth-order valence-electron chi connectivity index (χ4n) is 3.97. The van der Waals surface area contributed by atoms with Crippen molar-refractivity contribution in [3.63, 3.8) is 0 Å². The lowest BCUT2D eigenvalue weighted by Gasteiger charge is -2.31. The lowest BCUT2D eigenvalue weighted by molar-refractivity contribution is 0.0403. The van der Waals surface area contributed by atoms with Crippen molar-refractivity contribution < 1.29 is 9.53 Å². The van der Waals surface area contributed by atoms with E-state index in [4.69, 9.17) is 4.74 Å². The molecule has 25 heavy (non-hydrogen) atoms. The maximum absolute atomic E-state index is 12.6. The fourth-order valence-corrected chi connectivity index (χ4v) is 3.97. The number of carbonyl (C=O) groups excluding carboxylic acids is 1. The maximum atomic E-state index is 12.6. The van der Waals surface area contributed by atoms with Crippen molar-refractivity contribution in [3.8, 4) is 0 Å². The molecule has 7 nitrogen and oxygen atoms in total. The molecule has 0 saturated carbocycles. The van der Waals surface area contributed by atoms with Gasteiger partial charge in [0.2, 0.25) is 0 Å². The van der Waals surface area contributed by atoms with Gasteiger partial charge in [0.05, 0.1) is 0 Å². The molecular formula is C18H31N5O2. The summed E-state index contributed by atoms with van der Waals surface area (Å²) in [6.07, 6.45) is 4.04. The molecule has 0 spiro atoms. The second-order valence-electron chi connectivity index (χ2n) is 7.46. The molecular weight excluding hydrogens is 318 g/mol. The van der Waals surface area contributed by atoms with Crippen molar-refractivity contribution in [2.75, 3.05) is 46.9 Å². The fraction of sp³-hybridized carbons (Fsp3) is 0.778. The third-order valence-electron chi connectivity index (χ3n) is 5.29. The highest BCUT2D eigenvalue weighted by Crippen LogP contribution is 2.25. The molecule has 140 valence electrons. The van der Waals surface area contributed by atoms with Crippen molar-refractivity contribution >= 4 is 5.91 Å². The van der Waals surface area contributed by atoms with Crippen LogP contribution in [0.2, 0.25) is 0 Å². The Hall–Kier alpha value is -1.44. The molecule has 2 atom stereocenters. The van der Waals surface area contributed by atoms with Crippen LogP contribution in [-0.4, -0.2) is 84.5 Å². The van der Waals surface area contributed by atoms with Crippen LogP contribution in [0.25, 0.3) is 0 Å². The van der Waals surface area contributed by atoms with Gasteiger partial charge in [-0.05, 0) is 39.9 Å². The molecule has 3 heterocycles. The summed E-state index contributed by atoms with van der Waals surface area (Å²) in [5.74, 6) is 0.379. The van der Waals surface area contributed by atoms with Crippen LogP contribution in [0.15, 0.2) is 12.3 Å². The zero-order valence-electron chi connectivity index (χ0n) is 15.6. The predicted octanol–water partition coefficient (Wildman–Crippen LogP) is 0.674. The molecule has 1 aromatic rings. The van der Waals surface area contributed by atoms with Gasteiger partial charge in [-0.3, -0.25) is 14.4 Å². The Morgan fingerprint density at radius 3 is 2.76 bits per heavy atom. The molecule has 1 amide bonds. The van der Waals surface area contributed by atoms with Crippen LogP contribution in [0.1, 0.15) is 30.3 Å². The van der Waals surface area contributed by atoms with E-state index in [1.165, 1.54) is 0 Å². The van der Waals surface area contributed by atoms with Gasteiger partial charge in [-0.25, -0.2) is 0 Å². The van der Waals surface area contributed by atoms with E-state index in [-0.39, 0.29) is 11.9 Å². The Bertz CT molecular complexity index is 568. The minimum Gasteiger partial charge on any atom is -0.381 e. The Morgan fingerprint density at radius 2 is 2.12 bits per heavy atom. The van der Waals surface area contributed by atoms with E-state index in [2.05, 4.69) is 34.3 Å². The minimum atomic E-state index is -0.0604. The van der Waals surface area contributed by atoms with Crippen molar-refractivity contribution in [3.05, 3.63) is 18.0 Å². The summed E-state index contributed by atoms with van der Waals surface area (Å²) < 4.78 is 7.28. The summed E-state index contributed by atoms with van der Waals surface area (Å²) in [6.45, 7) is 7.44. The van der Waals surface area contributed by atoms with Gasteiger partial charge in [0, 0.05) is 63.6 Å². The summed E-state index contributed by atoms with van der Waals surface area (Å²) in [5.41, 5.74) is 0.509. The molecule has 1 aromatic heterocycles. The van der Waals surface area contributed by atoms with Crippen LogP contribution >= 0.6 is 0 Å². The van der Waals surface area contributed by atoms with Crippen molar-refractivity contribution in [1.82, 2.24) is 24.9 Å². The number of rotatable bonds is 6. The van der Waals surface area contributed by atoms with Crippen LogP contribution in [0.3, 0.4) is 0 Å². The number of aryl methyl sites for hydroxylation is 1. The summed E-state index contributed by atoms with van der Waals surface area (Å²) >= 11 is 0. The van der Waals surface area contributed by atoms with Gasteiger partial charge in [-0.1, -0.05) is 0 Å². The van der Waals surface area contributed by atoms with Gasteiger partial charge in [-0.15, -0.1) is 0 Å². The molecule has 2 saturated heterocycles. The third kappa shape index (κ3) is 4.59. The van der Waals surface area contributed by atoms with E-state index in [0.29, 0.717) is 17.7 Å². The van der Waals surface area contributed by atoms with Crippen LogP contribution in [0, 0.1) is 5.92 Å². The van der Waals surface area contributed by atoms with Crippen molar-refractivity contribution in [2.24, 2.45) is 5.92 Å². The van der Waals surface area contributed by atoms with Gasteiger partial charge in [0.1, 0.15) is 5.69 Å². The summed E-state index contributed by atoms with van der Waals surface area (Å²) in [4.78, 5) is 17.4. The quantitative estimate of drug-likeness (QED) is 0.818. The molecule has 0 unspecified atom stereocenters. The first kappa shape index (κ1) is 18.4. The van der Waals surface area contributed by atoms with E-state index in [1.807, 2.05) is 13.1 Å². The highest BCUT2D eigenvalue weighted by atomic mass is 16.5. The van der Waals surface area contributed by atoms with E-state index < -0.39 is 0 Å². The average molecular weight is 349 g/mol. The summed E-state index contributed by atoms with van der Waals surface area (Å²) in [5, 5.41) is 7.57. The molecule has 7 heteroatoms. The van der Waals surface area contributed by atoms with Gasteiger partial charge < -0.3 is 15.0 Å². The molecule has 2 fully saturated rings. The molecule has 2 aliphatic rings. The zero-order valence-corrected chi connectivity index (χ0v) is 15.6. The molecule has 0 aliphatic carbocycles. The van der Waals surface area contributed by atoms with Crippen molar-refractivity contribution in [2.45, 2.75) is 38.4 Å². The number of nitrogens with one attached hydrogen (secondary N) is 1. The highest BCUT2D eigenvalue weighted by Gasteiger charge is 2.37. The second-order valence-corrected chi connectivity index (χ2v) is 7.46. The predicted molar refractivity (Wildman–Crippen MR) is 96.6 cm³/mol. The van der Waals surface area contributed by atoms with E-state index in [0.717, 1.165) is 52.2 Å². The van der Waals surface area contributed by atoms with Crippen molar-refractivity contribution in [1.29, 1.82) is 0 Å². The number of hydrogen-bond acceptors (Lipinski definition) is 5. The molecule has 0 aromatic carbocycles. The Balaban J connectivity index is 1.64. The minimum absolute atomic E-state index is 0.0604. The van der Waals surface area contributed by atoms with Gasteiger partial charge >= 0.3 is 0 Å². The lowest BCUT2D eigenvalue weighted by Crippen LogP contribution is -2.44. The second kappa shape index (κ2) is 8.29. The van der Waals surface area contributed by atoms with Crippen LogP contribution in [-0.2, 0) is 11.3 Å². The number of likely N-dealkylation sites (tertiary alicyclic amines) is 1. The molecule has 3 rings (SSSR count). The summed E-state index contributed by atoms with van der Waals surface area (Å²) in [6, 6.07) is 2.55. The first-order valence-corrected chi connectivity index (χ1v) is 9.37. The van der Waals surface area contributed by atoms with Gasteiger partial charge in [0.25, 0.3) is 5.91 Å². The number of aromatic nitrogens is 2. The highest BCUT2D eigenvalue weighted by molar-refractivity contribution is 5.92. The average Bonchev–Trinajstić information content (AvgIpc) is 3.23. The van der Waals surface area contributed by atoms with Crippen LogP contribution < -0.4 is 5.32 Å². The van der Waals surface area contributed by atoms with E-state index in [1.54, 1.807) is 10.7 Å². The first-order valence-electron chi connectivity index (χ1n) is 9.37. The van der Waals surface area contributed by atoms with Gasteiger partial charge in [-0.2, -0.15) is 5.10 Å². The summed E-state index contributed by atoms with van der Waals surface area (Å²) in [7, 11) is 4.19. The smallest absolute Gasteiger partial charge is 0.272 e. The number of hydrogen-bond donors (Lipinski definition) is 1.